The summed E-state index contributed by atoms with van der Waals surface area (Å²) in [6.07, 6.45) is 1.71. The summed E-state index contributed by atoms with van der Waals surface area (Å²) in [6, 6.07) is 9.55. The Hall–Kier alpha value is -2.69. The highest BCUT2D eigenvalue weighted by Gasteiger charge is 2.16. The third-order valence-corrected chi connectivity index (χ3v) is 3.24. The molecule has 0 atom stereocenters. The molecule has 5 nitrogen and oxygen atoms in total. The van der Waals surface area contributed by atoms with Crippen LogP contribution in [0.5, 0.6) is 0 Å². The van der Waals surface area contributed by atoms with E-state index in [4.69, 9.17) is 0 Å². The Morgan fingerprint density at radius 1 is 1.20 bits per heavy atom. The summed E-state index contributed by atoms with van der Waals surface area (Å²) in [5.41, 5.74) is 3.51. The standard InChI is InChI=1S/C15H14N4O/c1-9-13(10(2)19-18-9)15(20)17-12-7-3-5-11-6-4-8-16-14(11)12/h3-8H,1-2H3,(H,17,20)(H,18,19). The van der Waals surface area contributed by atoms with Gasteiger partial charge in [-0.2, -0.15) is 5.10 Å². The molecular formula is C15H14N4O. The van der Waals surface area contributed by atoms with Crippen molar-refractivity contribution in [2.45, 2.75) is 13.8 Å². The van der Waals surface area contributed by atoms with E-state index < -0.39 is 0 Å². The Balaban J connectivity index is 2.00. The highest BCUT2D eigenvalue weighted by molar-refractivity contribution is 6.09. The monoisotopic (exact) mass is 266 g/mol. The predicted octanol–water partition coefficient (Wildman–Crippen LogP) is 2.83. The number of H-pyrrole nitrogens is 1. The highest BCUT2D eigenvalue weighted by Crippen LogP contribution is 2.22. The molecule has 0 unspecified atom stereocenters. The Morgan fingerprint density at radius 3 is 2.75 bits per heavy atom. The van der Waals surface area contributed by atoms with Crippen molar-refractivity contribution in [2.75, 3.05) is 5.32 Å². The molecule has 0 spiro atoms. The molecule has 5 heteroatoms. The van der Waals surface area contributed by atoms with Gasteiger partial charge in [-0.1, -0.05) is 18.2 Å². The zero-order valence-corrected chi connectivity index (χ0v) is 11.3. The lowest BCUT2D eigenvalue weighted by molar-refractivity contribution is 0.102. The maximum atomic E-state index is 12.4. The van der Waals surface area contributed by atoms with Gasteiger partial charge in [-0.15, -0.1) is 0 Å². The number of aromatic amines is 1. The molecule has 20 heavy (non-hydrogen) atoms. The minimum Gasteiger partial charge on any atom is -0.320 e. The van der Waals surface area contributed by atoms with Crippen LogP contribution in [-0.2, 0) is 0 Å². The van der Waals surface area contributed by atoms with Crippen LogP contribution in [0.4, 0.5) is 5.69 Å². The second-order valence-corrected chi connectivity index (χ2v) is 4.64. The van der Waals surface area contributed by atoms with Gasteiger partial charge in [0.1, 0.15) is 0 Å². The Morgan fingerprint density at radius 2 is 2.00 bits per heavy atom. The number of rotatable bonds is 2. The second kappa shape index (κ2) is 4.77. The molecule has 100 valence electrons. The van der Waals surface area contributed by atoms with E-state index in [-0.39, 0.29) is 5.91 Å². The van der Waals surface area contributed by atoms with E-state index in [2.05, 4.69) is 20.5 Å². The summed E-state index contributed by atoms with van der Waals surface area (Å²) in [6.45, 7) is 3.63. The molecule has 0 aliphatic rings. The number of hydrogen-bond donors (Lipinski definition) is 2. The topological polar surface area (TPSA) is 70.7 Å². The number of fused-ring (bicyclic) bond motifs is 1. The van der Waals surface area contributed by atoms with E-state index >= 15 is 0 Å². The van der Waals surface area contributed by atoms with Gasteiger partial charge in [0.15, 0.2) is 0 Å². The van der Waals surface area contributed by atoms with Gasteiger partial charge in [0.05, 0.1) is 22.5 Å². The molecule has 2 heterocycles. The van der Waals surface area contributed by atoms with Crippen LogP contribution >= 0.6 is 0 Å². The molecule has 3 rings (SSSR count). The van der Waals surface area contributed by atoms with Crippen molar-refractivity contribution in [1.82, 2.24) is 15.2 Å². The van der Waals surface area contributed by atoms with Crippen molar-refractivity contribution in [2.24, 2.45) is 0 Å². The fraction of sp³-hybridized carbons (Fsp3) is 0.133. The second-order valence-electron chi connectivity index (χ2n) is 4.64. The molecule has 2 N–H and O–H groups in total. The van der Waals surface area contributed by atoms with Crippen molar-refractivity contribution >= 4 is 22.5 Å². The van der Waals surface area contributed by atoms with E-state index in [9.17, 15) is 4.79 Å². The van der Waals surface area contributed by atoms with Crippen LogP contribution < -0.4 is 5.32 Å². The zero-order chi connectivity index (χ0) is 14.1. The van der Waals surface area contributed by atoms with Gasteiger partial charge in [0.25, 0.3) is 5.91 Å². The smallest absolute Gasteiger partial charge is 0.259 e. The highest BCUT2D eigenvalue weighted by atomic mass is 16.1. The first-order valence-electron chi connectivity index (χ1n) is 6.33. The van der Waals surface area contributed by atoms with Gasteiger partial charge >= 0.3 is 0 Å². The van der Waals surface area contributed by atoms with E-state index in [1.165, 1.54) is 0 Å². The SMILES string of the molecule is Cc1n[nH]c(C)c1C(=O)Nc1cccc2cccnc12. The zero-order valence-electron chi connectivity index (χ0n) is 11.3. The molecule has 0 saturated carbocycles. The summed E-state index contributed by atoms with van der Waals surface area (Å²) in [5.74, 6) is -0.174. The number of carbonyl (C=O) groups is 1. The Labute approximate surface area is 116 Å². The number of aromatic nitrogens is 3. The van der Waals surface area contributed by atoms with Gasteiger partial charge < -0.3 is 5.32 Å². The molecule has 1 aromatic carbocycles. The van der Waals surface area contributed by atoms with E-state index in [0.717, 1.165) is 16.6 Å². The van der Waals surface area contributed by atoms with Gasteiger partial charge in [-0.05, 0) is 26.0 Å². The maximum absolute atomic E-state index is 12.4. The molecule has 2 aromatic heterocycles. The van der Waals surface area contributed by atoms with Gasteiger partial charge in [-0.25, -0.2) is 0 Å². The third kappa shape index (κ3) is 2.03. The number of hydrogen-bond acceptors (Lipinski definition) is 3. The number of carbonyl (C=O) groups excluding carboxylic acids is 1. The first-order valence-corrected chi connectivity index (χ1v) is 6.33. The largest absolute Gasteiger partial charge is 0.320 e. The maximum Gasteiger partial charge on any atom is 0.259 e. The lowest BCUT2D eigenvalue weighted by Crippen LogP contribution is -2.14. The predicted molar refractivity (Wildman–Crippen MR) is 77.8 cm³/mol. The first kappa shape index (κ1) is 12.3. The number of amides is 1. The van der Waals surface area contributed by atoms with Gasteiger partial charge in [-0.3, -0.25) is 14.9 Å². The number of para-hydroxylation sites is 1. The van der Waals surface area contributed by atoms with E-state index in [1.807, 2.05) is 37.3 Å². The van der Waals surface area contributed by atoms with Crippen LogP contribution in [0.25, 0.3) is 10.9 Å². The summed E-state index contributed by atoms with van der Waals surface area (Å²) in [5, 5.41) is 10.8. The van der Waals surface area contributed by atoms with Gasteiger partial charge in [0, 0.05) is 17.3 Å². The van der Waals surface area contributed by atoms with Crippen molar-refractivity contribution in [3.63, 3.8) is 0 Å². The number of benzene rings is 1. The van der Waals surface area contributed by atoms with Gasteiger partial charge in [0.2, 0.25) is 0 Å². The number of nitrogens with one attached hydrogen (secondary N) is 2. The fourth-order valence-corrected chi connectivity index (χ4v) is 2.28. The summed E-state index contributed by atoms with van der Waals surface area (Å²) >= 11 is 0. The molecule has 3 aromatic rings. The number of aryl methyl sites for hydroxylation is 2. The van der Waals surface area contributed by atoms with Crippen molar-refractivity contribution in [1.29, 1.82) is 0 Å². The van der Waals surface area contributed by atoms with E-state index in [1.54, 1.807) is 13.1 Å². The number of anilines is 1. The molecule has 0 aliphatic heterocycles. The van der Waals surface area contributed by atoms with Crippen molar-refractivity contribution < 1.29 is 4.79 Å². The minimum atomic E-state index is -0.174. The normalized spacial score (nSPS) is 10.7. The fourth-order valence-electron chi connectivity index (χ4n) is 2.28. The van der Waals surface area contributed by atoms with Crippen LogP contribution in [0, 0.1) is 13.8 Å². The summed E-state index contributed by atoms with van der Waals surface area (Å²) in [4.78, 5) is 16.7. The molecule has 0 saturated heterocycles. The molecule has 0 fully saturated rings. The summed E-state index contributed by atoms with van der Waals surface area (Å²) in [7, 11) is 0. The Kier molecular flexibility index (Phi) is 2.95. The van der Waals surface area contributed by atoms with Crippen LogP contribution in [0.1, 0.15) is 21.7 Å². The molecular weight excluding hydrogens is 252 g/mol. The van der Waals surface area contributed by atoms with Crippen LogP contribution in [-0.4, -0.2) is 21.1 Å². The quantitative estimate of drug-likeness (QED) is 0.749. The minimum absolute atomic E-state index is 0.174. The van der Waals surface area contributed by atoms with Crippen LogP contribution in [0.15, 0.2) is 36.5 Å². The van der Waals surface area contributed by atoms with Crippen LogP contribution in [0.3, 0.4) is 0 Å². The lowest BCUT2D eigenvalue weighted by Gasteiger charge is -2.08. The summed E-state index contributed by atoms with van der Waals surface area (Å²) < 4.78 is 0. The van der Waals surface area contributed by atoms with Crippen molar-refractivity contribution in [3.05, 3.63) is 53.5 Å². The van der Waals surface area contributed by atoms with Crippen LogP contribution in [0.2, 0.25) is 0 Å². The molecule has 0 aliphatic carbocycles. The third-order valence-electron chi connectivity index (χ3n) is 3.24. The molecule has 0 bridgehead atoms. The molecule has 0 radical (unpaired) electrons. The number of pyridine rings is 1. The average molecular weight is 266 g/mol. The van der Waals surface area contributed by atoms with Crippen molar-refractivity contribution in [3.8, 4) is 0 Å². The Bertz CT molecular complexity index is 767. The lowest BCUT2D eigenvalue weighted by atomic mass is 10.1. The first-order chi connectivity index (χ1) is 9.66. The number of nitrogens with zero attached hydrogens (tertiary/aromatic N) is 2. The average Bonchev–Trinajstić information content (AvgIpc) is 2.78. The molecule has 1 amide bonds. The van der Waals surface area contributed by atoms with E-state index in [0.29, 0.717) is 16.9 Å².